The second kappa shape index (κ2) is 6.88. The van der Waals surface area contributed by atoms with Gasteiger partial charge in [-0.25, -0.2) is 13.9 Å². The van der Waals surface area contributed by atoms with Gasteiger partial charge in [0.25, 0.3) is 0 Å². The smallest absolute Gasteiger partial charge is 0.336 e. The molecule has 29 heavy (non-hydrogen) atoms. The third-order valence-corrected chi connectivity index (χ3v) is 5.38. The van der Waals surface area contributed by atoms with Crippen LogP contribution in [0.15, 0.2) is 57.7 Å². The normalized spacial score (nSPS) is 13.0. The van der Waals surface area contributed by atoms with Gasteiger partial charge in [-0.15, -0.1) is 0 Å². The molecule has 1 aliphatic rings. The second-order valence-electron chi connectivity index (χ2n) is 7.31. The molecule has 0 atom stereocenters. The molecule has 2 heterocycles. The summed E-state index contributed by atoms with van der Waals surface area (Å²) in [4.78, 5) is 11.6. The predicted molar refractivity (Wildman–Crippen MR) is 107 cm³/mol. The van der Waals surface area contributed by atoms with E-state index in [2.05, 4.69) is 0 Å². The van der Waals surface area contributed by atoms with E-state index in [0.717, 1.165) is 47.3 Å². The first-order chi connectivity index (χ1) is 14.1. The van der Waals surface area contributed by atoms with Crippen molar-refractivity contribution in [2.75, 3.05) is 0 Å². The summed E-state index contributed by atoms with van der Waals surface area (Å²) >= 11 is 0. The van der Waals surface area contributed by atoms with Crippen LogP contribution in [-0.4, -0.2) is 9.78 Å². The first-order valence-electron chi connectivity index (χ1n) is 9.61. The highest BCUT2D eigenvalue weighted by Gasteiger charge is 2.23. The zero-order valence-corrected chi connectivity index (χ0v) is 15.9. The average Bonchev–Trinajstić information content (AvgIpc) is 3.30. The molecule has 2 aromatic carbocycles. The fourth-order valence-corrected chi connectivity index (χ4v) is 3.97. The first kappa shape index (κ1) is 17.7. The molecule has 0 aliphatic heterocycles. The molecule has 6 heteroatoms. The summed E-state index contributed by atoms with van der Waals surface area (Å²) in [6, 6.07) is 13.3. The molecule has 0 fully saturated rings. The van der Waals surface area contributed by atoms with Gasteiger partial charge in [0.15, 0.2) is 0 Å². The van der Waals surface area contributed by atoms with Crippen LogP contribution in [0.4, 0.5) is 4.39 Å². The Kier molecular flexibility index (Phi) is 4.19. The standard InChI is InChI=1S/C23H19FN2O3/c1-14-11-23(27)29-22-12-17(9-10-18(14)22)28-13-20-19-3-2-4-21(19)26(25-20)16-7-5-15(24)6-8-16/h5-12H,2-4,13H2,1H3. The van der Waals surface area contributed by atoms with Crippen LogP contribution in [0.2, 0.25) is 0 Å². The molecule has 0 N–H and O–H groups in total. The lowest BCUT2D eigenvalue weighted by atomic mass is 10.1. The molecule has 5 nitrogen and oxygen atoms in total. The van der Waals surface area contributed by atoms with E-state index >= 15 is 0 Å². The van der Waals surface area contributed by atoms with Crippen LogP contribution in [0.25, 0.3) is 16.7 Å². The van der Waals surface area contributed by atoms with Crippen molar-refractivity contribution in [2.45, 2.75) is 32.8 Å². The number of ether oxygens (including phenoxy) is 1. The monoisotopic (exact) mass is 390 g/mol. The number of hydrogen-bond acceptors (Lipinski definition) is 4. The SMILES string of the molecule is Cc1cc(=O)oc2cc(OCc3nn(-c4ccc(F)cc4)c4c3CCC4)ccc12. The number of aryl methyl sites for hydroxylation is 1. The second-order valence-corrected chi connectivity index (χ2v) is 7.31. The number of nitrogens with zero attached hydrogens (tertiary/aromatic N) is 2. The molecule has 0 amide bonds. The van der Waals surface area contributed by atoms with Crippen LogP contribution in [0.1, 0.15) is 28.9 Å². The molecule has 0 bridgehead atoms. The molecular weight excluding hydrogens is 371 g/mol. The van der Waals surface area contributed by atoms with E-state index < -0.39 is 0 Å². The maximum absolute atomic E-state index is 13.3. The van der Waals surface area contributed by atoms with Crippen LogP contribution in [0.3, 0.4) is 0 Å². The number of aromatic nitrogens is 2. The zero-order chi connectivity index (χ0) is 20.0. The van der Waals surface area contributed by atoms with Gasteiger partial charge >= 0.3 is 5.63 Å². The van der Waals surface area contributed by atoms with Crippen molar-refractivity contribution in [1.29, 1.82) is 0 Å². The number of rotatable bonds is 4. The van der Waals surface area contributed by atoms with Gasteiger partial charge in [0, 0.05) is 28.8 Å². The number of benzene rings is 2. The third-order valence-electron chi connectivity index (χ3n) is 5.38. The molecule has 0 radical (unpaired) electrons. The Hall–Kier alpha value is -3.41. The van der Waals surface area contributed by atoms with Crippen molar-refractivity contribution >= 4 is 11.0 Å². The van der Waals surface area contributed by atoms with Gasteiger partial charge in [0.05, 0.1) is 5.69 Å². The molecule has 2 aromatic heterocycles. The molecule has 0 saturated carbocycles. The molecule has 0 spiro atoms. The minimum absolute atomic E-state index is 0.265. The molecule has 1 aliphatic carbocycles. The maximum Gasteiger partial charge on any atom is 0.336 e. The molecule has 0 saturated heterocycles. The summed E-state index contributed by atoms with van der Waals surface area (Å²) < 4.78 is 26.4. The lowest BCUT2D eigenvalue weighted by Crippen LogP contribution is -2.03. The lowest BCUT2D eigenvalue weighted by molar-refractivity contribution is 0.299. The van der Waals surface area contributed by atoms with Gasteiger partial charge in [0.2, 0.25) is 0 Å². The van der Waals surface area contributed by atoms with Crippen LogP contribution < -0.4 is 10.4 Å². The summed E-state index contributed by atoms with van der Waals surface area (Å²) in [5.41, 5.74) is 5.11. The van der Waals surface area contributed by atoms with E-state index in [0.29, 0.717) is 17.9 Å². The predicted octanol–water partition coefficient (Wildman–Crippen LogP) is 4.49. The van der Waals surface area contributed by atoms with Crippen molar-refractivity contribution in [3.63, 3.8) is 0 Å². The summed E-state index contributed by atoms with van der Waals surface area (Å²) in [5.74, 6) is 0.355. The van der Waals surface area contributed by atoms with E-state index in [-0.39, 0.29) is 11.4 Å². The maximum atomic E-state index is 13.3. The Morgan fingerprint density at radius 1 is 1.14 bits per heavy atom. The highest BCUT2D eigenvalue weighted by atomic mass is 19.1. The molecule has 0 unspecified atom stereocenters. The summed E-state index contributed by atoms with van der Waals surface area (Å²) in [6.07, 6.45) is 2.98. The van der Waals surface area contributed by atoms with Gasteiger partial charge in [-0.05, 0) is 68.1 Å². The van der Waals surface area contributed by atoms with Crippen LogP contribution in [-0.2, 0) is 19.4 Å². The Bertz CT molecular complexity index is 1270. The van der Waals surface area contributed by atoms with E-state index in [9.17, 15) is 9.18 Å². The van der Waals surface area contributed by atoms with Crippen LogP contribution in [0, 0.1) is 12.7 Å². The lowest BCUT2D eigenvalue weighted by Gasteiger charge is -2.07. The highest BCUT2D eigenvalue weighted by Crippen LogP contribution is 2.29. The number of hydrogen-bond donors (Lipinski definition) is 0. The third kappa shape index (κ3) is 3.20. The minimum Gasteiger partial charge on any atom is -0.487 e. The van der Waals surface area contributed by atoms with Gasteiger partial charge in [-0.2, -0.15) is 5.10 Å². The Labute approximate surface area is 166 Å². The topological polar surface area (TPSA) is 57.3 Å². The van der Waals surface area contributed by atoms with Crippen molar-refractivity contribution in [1.82, 2.24) is 9.78 Å². The summed E-state index contributed by atoms with van der Waals surface area (Å²) in [6.45, 7) is 2.20. The number of halogens is 1. The van der Waals surface area contributed by atoms with Crippen molar-refractivity contribution in [3.8, 4) is 11.4 Å². The van der Waals surface area contributed by atoms with E-state index in [1.165, 1.54) is 23.8 Å². The van der Waals surface area contributed by atoms with Crippen molar-refractivity contribution in [2.24, 2.45) is 0 Å². The quantitative estimate of drug-likeness (QED) is 0.482. The highest BCUT2D eigenvalue weighted by molar-refractivity contribution is 5.81. The number of fused-ring (bicyclic) bond motifs is 2. The van der Waals surface area contributed by atoms with Gasteiger partial charge in [-0.3, -0.25) is 0 Å². The minimum atomic E-state index is -0.372. The van der Waals surface area contributed by atoms with E-state index in [1.807, 2.05) is 23.7 Å². The van der Waals surface area contributed by atoms with Crippen LogP contribution >= 0.6 is 0 Å². The van der Waals surface area contributed by atoms with Crippen molar-refractivity contribution < 1.29 is 13.5 Å². The average molecular weight is 390 g/mol. The fourth-order valence-electron chi connectivity index (χ4n) is 3.97. The zero-order valence-electron chi connectivity index (χ0n) is 15.9. The first-order valence-corrected chi connectivity index (χ1v) is 9.61. The van der Waals surface area contributed by atoms with Gasteiger partial charge < -0.3 is 9.15 Å². The summed E-state index contributed by atoms with van der Waals surface area (Å²) in [5, 5.41) is 5.62. The summed E-state index contributed by atoms with van der Waals surface area (Å²) in [7, 11) is 0. The Morgan fingerprint density at radius 2 is 1.97 bits per heavy atom. The van der Waals surface area contributed by atoms with Crippen molar-refractivity contribution in [3.05, 3.63) is 87.3 Å². The van der Waals surface area contributed by atoms with Gasteiger partial charge in [0.1, 0.15) is 29.5 Å². The largest absolute Gasteiger partial charge is 0.487 e. The fraction of sp³-hybridized carbons (Fsp3) is 0.217. The molecular formula is C23H19FN2O3. The van der Waals surface area contributed by atoms with Gasteiger partial charge in [-0.1, -0.05) is 0 Å². The van der Waals surface area contributed by atoms with Crippen LogP contribution in [0.5, 0.6) is 5.75 Å². The van der Waals surface area contributed by atoms with E-state index in [4.69, 9.17) is 14.3 Å². The molecule has 146 valence electrons. The molecule has 4 aromatic rings. The Morgan fingerprint density at radius 3 is 2.79 bits per heavy atom. The molecule has 5 rings (SSSR count). The van der Waals surface area contributed by atoms with E-state index in [1.54, 1.807) is 18.2 Å². The Balaban J connectivity index is 1.44.